The minimum atomic E-state index is 0.00532. The molecule has 0 radical (unpaired) electrons. The van der Waals surface area contributed by atoms with Crippen LogP contribution in [0.15, 0.2) is 146 Å². The molecule has 0 aromatic heterocycles. The standard InChI is InChI=1S/C46H46N2/c1-34-14-22-40(23-15-34)47(44-12-8-10-36(3)32-44)42-26-18-38(19-27-42)46(30-6-5-7-31-46)39-20-28-43(29-21-39)48(41-24-16-35(2)17-25-41)45-13-9-11-37(4)33-45/h8-29,32-33H,5-7,30-31H2,1-4H3. The second kappa shape index (κ2) is 13.6. The molecular weight excluding hydrogens is 581 g/mol. The second-order valence-electron chi connectivity index (χ2n) is 13.8. The van der Waals surface area contributed by atoms with E-state index in [0.29, 0.717) is 0 Å². The van der Waals surface area contributed by atoms with Crippen molar-refractivity contribution < 1.29 is 0 Å². The van der Waals surface area contributed by atoms with E-state index in [-0.39, 0.29) is 5.41 Å². The maximum Gasteiger partial charge on any atom is 0.0464 e. The lowest BCUT2D eigenvalue weighted by Gasteiger charge is -2.39. The van der Waals surface area contributed by atoms with Crippen molar-refractivity contribution in [3.63, 3.8) is 0 Å². The molecule has 48 heavy (non-hydrogen) atoms. The van der Waals surface area contributed by atoms with Crippen LogP contribution in [0.2, 0.25) is 0 Å². The summed E-state index contributed by atoms with van der Waals surface area (Å²) in [6, 6.07) is 54.2. The van der Waals surface area contributed by atoms with Gasteiger partial charge in [0.25, 0.3) is 0 Å². The minimum absolute atomic E-state index is 0.00532. The summed E-state index contributed by atoms with van der Waals surface area (Å²) in [6.07, 6.45) is 6.15. The number of hydrogen-bond acceptors (Lipinski definition) is 2. The summed E-state index contributed by atoms with van der Waals surface area (Å²) in [4.78, 5) is 4.76. The Morgan fingerprint density at radius 3 is 1.06 bits per heavy atom. The van der Waals surface area contributed by atoms with Crippen LogP contribution in [0.1, 0.15) is 65.5 Å². The Hall–Kier alpha value is -5.08. The molecule has 1 aliphatic carbocycles. The highest BCUT2D eigenvalue weighted by Crippen LogP contribution is 2.47. The number of aryl methyl sites for hydroxylation is 4. The predicted molar refractivity (Wildman–Crippen MR) is 205 cm³/mol. The van der Waals surface area contributed by atoms with Crippen molar-refractivity contribution in [1.82, 2.24) is 0 Å². The lowest BCUT2D eigenvalue weighted by molar-refractivity contribution is 0.346. The Kier molecular flexibility index (Phi) is 8.91. The van der Waals surface area contributed by atoms with Gasteiger partial charge in [-0.2, -0.15) is 0 Å². The van der Waals surface area contributed by atoms with E-state index < -0.39 is 0 Å². The zero-order chi connectivity index (χ0) is 33.1. The molecule has 0 heterocycles. The molecule has 2 heteroatoms. The average Bonchev–Trinajstić information content (AvgIpc) is 3.11. The molecule has 2 nitrogen and oxygen atoms in total. The maximum atomic E-state index is 2.40. The third-order valence-corrected chi connectivity index (χ3v) is 10.2. The monoisotopic (exact) mass is 626 g/mol. The first-order valence-corrected chi connectivity index (χ1v) is 17.5. The zero-order valence-electron chi connectivity index (χ0n) is 28.8. The van der Waals surface area contributed by atoms with E-state index in [2.05, 4.69) is 183 Å². The molecule has 1 aliphatic rings. The van der Waals surface area contributed by atoms with Gasteiger partial charge < -0.3 is 9.80 Å². The molecule has 0 saturated heterocycles. The topological polar surface area (TPSA) is 6.48 Å². The van der Waals surface area contributed by atoms with E-state index >= 15 is 0 Å². The van der Waals surface area contributed by atoms with Crippen LogP contribution < -0.4 is 9.80 Å². The second-order valence-corrected chi connectivity index (χ2v) is 13.8. The number of hydrogen-bond donors (Lipinski definition) is 0. The van der Waals surface area contributed by atoms with Crippen LogP contribution in [0, 0.1) is 27.7 Å². The molecule has 0 bridgehead atoms. The summed E-state index contributed by atoms with van der Waals surface area (Å²) in [5.41, 5.74) is 15.0. The van der Waals surface area contributed by atoms with Crippen molar-refractivity contribution in [2.24, 2.45) is 0 Å². The van der Waals surface area contributed by atoms with E-state index in [1.807, 2.05) is 0 Å². The summed E-state index contributed by atoms with van der Waals surface area (Å²) in [6.45, 7) is 8.63. The summed E-state index contributed by atoms with van der Waals surface area (Å²) >= 11 is 0. The van der Waals surface area contributed by atoms with Gasteiger partial charge in [-0.05, 0) is 136 Å². The van der Waals surface area contributed by atoms with Crippen LogP contribution in [-0.2, 0) is 5.41 Å². The van der Waals surface area contributed by atoms with Crippen molar-refractivity contribution in [3.05, 3.63) is 179 Å². The summed E-state index contributed by atoms with van der Waals surface area (Å²) in [5, 5.41) is 0. The third kappa shape index (κ3) is 6.40. The molecule has 0 aliphatic heterocycles. The largest absolute Gasteiger partial charge is 0.310 e. The predicted octanol–water partition coefficient (Wildman–Crippen LogP) is 13.1. The minimum Gasteiger partial charge on any atom is -0.310 e. The fourth-order valence-corrected chi connectivity index (χ4v) is 7.57. The molecule has 6 aromatic carbocycles. The number of nitrogens with zero attached hydrogens (tertiary/aromatic N) is 2. The van der Waals surface area contributed by atoms with Gasteiger partial charge in [-0.15, -0.1) is 0 Å². The van der Waals surface area contributed by atoms with E-state index in [0.717, 1.165) is 0 Å². The van der Waals surface area contributed by atoms with Crippen molar-refractivity contribution in [1.29, 1.82) is 0 Å². The maximum absolute atomic E-state index is 2.40. The van der Waals surface area contributed by atoms with E-state index in [1.54, 1.807) is 0 Å². The highest BCUT2D eigenvalue weighted by Gasteiger charge is 2.36. The van der Waals surface area contributed by atoms with Crippen LogP contribution in [0.4, 0.5) is 34.1 Å². The molecular formula is C46H46N2. The van der Waals surface area contributed by atoms with Crippen LogP contribution in [-0.4, -0.2) is 0 Å². The molecule has 1 saturated carbocycles. The third-order valence-electron chi connectivity index (χ3n) is 10.2. The van der Waals surface area contributed by atoms with Gasteiger partial charge in [0.05, 0.1) is 0 Å². The molecule has 0 atom stereocenters. The average molecular weight is 627 g/mol. The number of rotatable bonds is 8. The Morgan fingerprint density at radius 2 is 0.708 bits per heavy atom. The van der Waals surface area contributed by atoms with Crippen LogP contribution in [0.25, 0.3) is 0 Å². The van der Waals surface area contributed by atoms with Crippen molar-refractivity contribution in [2.75, 3.05) is 9.80 Å². The van der Waals surface area contributed by atoms with E-state index in [4.69, 9.17) is 0 Å². The summed E-state index contributed by atoms with van der Waals surface area (Å²) in [5.74, 6) is 0. The van der Waals surface area contributed by atoms with Crippen molar-refractivity contribution >= 4 is 34.1 Å². The Labute approximate surface area is 287 Å². The first-order chi connectivity index (χ1) is 23.4. The SMILES string of the molecule is Cc1ccc(N(c2ccc(C3(c4ccc(N(c5ccc(C)cc5)c5cccc(C)c5)cc4)CCCCC3)cc2)c2cccc(C)c2)cc1. The normalized spacial score (nSPS) is 14.0. The fraction of sp³-hybridized carbons (Fsp3) is 0.217. The van der Waals surface area contributed by atoms with Gasteiger partial charge >= 0.3 is 0 Å². The van der Waals surface area contributed by atoms with Gasteiger partial charge in [0.1, 0.15) is 0 Å². The molecule has 0 amide bonds. The van der Waals surface area contributed by atoms with Crippen LogP contribution in [0.3, 0.4) is 0 Å². The first kappa shape index (κ1) is 31.5. The smallest absolute Gasteiger partial charge is 0.0464 e. The number of benzene rings is 6. The van der Waals surface area contributed by atoms with Crippen LogP contribution in [0.5, 0.6) is 0 Å². The molecule has 0 unspecified atom stereocenters. The Morgan fingerprint density at radius 1 is 0.354 bits per heavy atom. The lowest BCUT2D eigenvalue weighted by Crippen LogP contribution is -2.30. The quantitative estimate of drug-likeness (QED) is 0.166. The van der Waals surface area contributed by atoms with E-state index in [9.17, 15) is 0 Å². The molecule has 1 fully saturated rings. The molecule has 240 valence electrons. The Bertz CT molecular complexity index is 1820. The molecule has 6 aromatic rings. The summed E-state index contributed by atoms with van der Waals surface area (Å²) < 4.78 is 0. The first-order valence-electron chi connectivity index (χ1n) is 17.5. The molecule has 0 spiro atoms. The van der Waals surface area contributed by atoms with Gasteiger partial charge in [0, 0.05) is 39.5 Å². The molecule has 0 N–H and O–H groups in total. The van der Waals surface area contributed by atoms with Gasteiger partial charge in [-0.25, -0.2) is 0 Å². The lowest BCUT2D eigenvalue weighted by atomic mass is 9.65. The van der Waals surface area contributed by atoms with Gasteiger partial charge in [-0.1, -0.05) is 103 Å². The van der Waals surface area contributed by atoms with Crippen LogP contribution >= 0.6 is 0 Å². The highest BCUT2D eigenvalue weighted by molar-refractivity contribution is 5.78. The van der Waals surface area contributed by atoms with Gasteiger partial charge in [-0.3, -0.25) is 0 Å². The summed E-state index contributed by atoms with van der Waals surface area (Å²) in [7, 11) is 0. The van der Waals surface area contributed by atoms with Gasteiger partial charge in [0.15, 0.2) is 0 Å². The van der Waals surface area contributed by atoms with Gasteiger partial charge in [0.2, 0.25) is 0 Å². The van der Waals surface area contributed by atoms with Crippen molar-refractivity contribution in [2.45, 2.75) is 65.2 Å². The highest BCUT2D eigenvalue weighted by atomic mass is 15.1. The zero-order valence-corrected chi connectivity index (χ0v) is 28.8. The fourth-order valence-electron chi connectivity index (χ4n) is 7.57. The Balaban J connectivity index is 1.26. The number of anilines is 6. The van der Waals surface area contributed by atoms with E-state index in [1.165, 1.54) is 99.6 Å². The molecule has 7 rings (SSSR count). The van der Waals surface area contributed by atoms with Crippen molar-refractivity contribution in [3.8, 4) is 0 Å².